The molecule has 270 valence electrons. The van der Waals surface area contributed by atoms with Gasteiger partial charge >= 0.3 is 0 Å². The summed E-state index contributed by atoms with van der Waals surface area (Å²) >= 11 is 3.68. The summed E-state index contributed by atoms with van der Waals surface area (Å²) in [4.78, 5) is 47.1. The Bertz CT molecular complexity index is 1810. The van der Waals surface area contributed by atoms with Crippen molar-refractivity contribution in [3.8, 4) is 5.75 Å². The molecule has 4 heterocycles. The summed E-state index contributed by atoms with van der Waals surface area (Å²) < 4.78 is 13.5. The molecule has 0 radical (unpaired) electrons. The molecule has 3 aromatic rings. The molecule has 0 aliphatic carbocycles. The van der Waals surface area contributed by atoms with Crippen molar-refractivity contribution in [1.29, 1.82) is 0 Å². The van der Waals surface area contributed by atoms with Gasteiger partial charge in [-0.2, -0.15) is 0 Å². The number of carbonyl (C=O) groups excluding carboxylic acids is 3. The van der Waals surface area contributed by atoms with E-state index in [4.69, 9.17) is 9.47 Å². The van der Waals surface area contributed by atoms with Gasteiger partial charge in [0.15, 0.2) is 5.60 Å². The number of anilines is 2. The summed E-state index contributed by atoms with van der Waals surface area (Å²) in [6, 6.07) is 21.8. The van der Waals surface area contributed by atoms with Gasteiger partial charge in [0.1, 0.15) is 5.75 Å². The molecule has 0 bridgehead atoms. The minimum Gasteiger partial charge on any atom is -0.497 e. The van der Waals surface area contributed by atoms with Gasteiger partial charge in [-0.25, -0.2) is 0 Å². The second-order valence-corrected chi connectivity index (χ2v) is 20.5. The number of hydrogen-bond acceptors (Lipinski definition) is 7. The predicted molar refractivity (Wildman–Crippen MR) is 203 cm³/mol. The molecule has 3 aromatic carbocycles. The van der Waals surface area contributed by atoms with Crippen LogP contribution in [0.2, 0.25) is 18.6 Å². The van der Waals surface area contributed by atoms with Gasteiger partial charge in [0.05, 0.1) is 59.1 Å². The van der Waals surface area contributed by atoms with E-state index in [2.05, 4.69) is 53.4 Å². The van der Waals surface area contributed by atoms with E-state index in [1.165, 1.54) is 5.19 Å². The number of hydrogen-bond donors (Lipinski definition) is 2. The molecule has 0 saturated carbocycles. The van der Waals surface area contributed by atoms with E-state index in [1.54, 1.807) is 12.0 Å². The normalized spacial score (nSPS) is 26.4. The Labute approximate surface area is 309 Å². The van der Waals surface area contributed by atoms with Crippen LogP contribution < -0.4 is 25.0 Å². The molecule has 0 aromatic heterocycles. The van der Waals surface area contributed by atoms with Crippen LogP contribution in [0.4, 0.5) is 11.4 Å². The topological polar surface area (TPSA) is 112 Å². The second kappa shape index (κ2) is 14.1. The third-order valence-corrected chi connectivity index (χ3v) is 16.6. The highest BCUT2D eigenvalue weighted by Crippen LogP contribution is 2.60. The van der Waals surface area contributed by atoms with Crippen molar-refractivity contribution < 1.29 is 29.0 Å². The van der Waals surface area contributed by atoms with E-state index >= 15 is 4.79 Å². The largest absolute Gasteiger partial charge is 0.497 e. The van der Waals surface area contributed by atoms with Crippen molar-refractivity contribution in [2.24, 2.45) is 5.92 Å². The van der Waals surface area contributed by atoms with Crippen molar-refractivity contribution in [1.82, 2.24) is 10.2 Å². The summed E-state index contributed by atoms with van der Waals surface area (Å²) in [7, 11) is -0.787. The number of piperazine rings is 1. The van der Waals surface area contributed by atoms with Crippen molar-refractivity contribution in [3.05, 3.63) is 82.3 Å². The van der Waals surface area contributed by atoms with Crippen molar-refractivity contribution >= 4 is 58.3 Å². The molecule has 51 heavy (non-hydrogen) atoms. The molecular weight excluding hydrogens is 728 g/mol. The molecule has 4 aliphatic heterocycles. The lowest BCUT2D eigenvalue weighted by molar-refractivity contribution is -0.150. The maximum absolute atomic E-state index is 15.1. The van der Waals surface area contributed by atoms with Crippen LogP contribution in [-0.2, 0) is 31.3 Å². The fourth-order valence-electron chi connectivity index (χ4n) is 9.13. The number of halogens is 1. The zero-order valence-corrected chi connectivity index (χ0v) is 32.3. The maximum Gasteiger partial charge on any atom is 0.264 e. The first-order chi connectivity index (χ1) is 24.5. The summed E-state index contributed by atoms with van der Waals surface area (Å²) in [5, 5.41) is 14.4. The first-order valence-corrected chi connectivity index (χ1v) is 21.8. The van der Waals surface area contributed by atoms with Gasteiger partial charge in [0.2, 0.25) is 11.8 Å². The van der Waals surface area contributed by atoms with Crippen LogP contribution in [0.15, 0.2) is 71.2 Å². The fraction of sp³-hybridized carbons (Fsp3) is 0.462. The number of methoxy groups -OCH3 is 1. The lowest BCUT2D eigenvalue weighted by Crippen LogP contribution is -2.52. The summed E-state index contributed by atoms with van der Waals surface area (Å²) in [5.74, 6) is 0.402. The smallest absolute Gasteiger partial charge is 0.264 e. The molecule has 3 amide bonds. The lowest BCUT2D eigenvalue weighted by atomic mass is 9.82. The Hall–Kier alpha value is -3.55. The second-order valence-electron chi connectivity index (χ2n) is 14.9. The van der Waals surface area contributed by atoms with Crippen molar-refractivity contribution in [2.75, 3.05) is 49.7 Å². The zero-order valence-electron chi connectivity index (χ0n) is 29.7. The third-order valence-electron chi connectivity index (χ3n) is 11.8. The average Bonchev–Trinajstić information content (AvgIpc) is 3.79. The SMILES string of the molecule is COc1ccc([Si](C)(C)[C@H]2[C@H](CC(=O)N3CCC[C@H]3CO)O[C@@]3(C(=O)N(Cc4ccc(N5CCNCC5=O)cc4)c4ccc(Br)cc43)[C@@H]2C)cc1. The molecule has 10 nitrogen and oxygen atoms in total. The Balaban J connectivity index is 1.25. The minimum absolute atomic E-state index is 0.0369. The van der Waals surface area contributed by atoms with Gasteiger partial charge in [0, 0.05) is 41.3 Å². The number of amides is 3. The molecule has 7 rings (SSSR count). The van der Waals surface area contributed by atoms with E-state index in [1.807, 2.05) is 64.4 Å². The Morgan fingerprint density at radius 1 is 1.08 bits per heavy atom. The molecule has 12 heteroatoms. The lowest BCUT2D eigenvalue weighted by Gasteiger charge is -2.37. The number of rotatable bonds is 9. The summed E-state index contributed by atoms with van der Waals surface area (Å²) in [6.45, 7) is 9.32. The number of carbonyl (C=O) groups is 3. The first kappa shape index (κ1) is 35.8. The van der Waals surface area contributed by atoms with Crippen molar-refractivity contribution in [2.45, 2.75) is 69.1 Å². The Morgan fingerprint density at radius 3 is 2.51 bits per heavy atom. The molecule has 3 fully saturated rings. The van der Waals surface area contributed by atoms with E-state index < -0.39 is 19.8 Å². The van der Waals surface area contributed by atoms with Crippen LogP contribution in [0.1, 0.15) is 37.3 Å². The highest BCUT2D eigenvalue weighted by atomic mass is 79.9. The first-order valence-electron chi connectivity index (χ1n) is 17.9. The van der Waals surface area contributed by atoms with E-state index in [0.717, 1.165) is 52.1 Å². The van der Waals surface area contributed by atoms with Crippen LogP contribution in [0, 0.1) is 5.92 Å². The minimum atomic E-state index is -2.44. The number of nitrogens with one attached hydrogen (secondary N) is 1. The number of aliphatic hydroxyl groups excluding tert-OH is 1. The molecule has 5 atom stereocenters. The molecule has 3 saturated heterocycles. The standard InChI is InChI=1S/C39H47BrN4O6Si/c1-25-37(51(3,4)31-14-12-30(49-2)13-15-31)34(21-35(46)42-18-5-6-29(42)24-45)50-39(25)32-20-27(40)9-16-33(32)44(38(39)48)23-26-7-10-28(11-8-26)43-19-17-41-22-36(43)47/h7-16,20,25,29,34,37,41,45H,5-6,17-19,21-24H2,1-4H3/t25-,29+,34+,37-,39+/m1/s1. The van der Waals surface area contributed by atoms with Crippen LogP contribution in [0.5, 0.6) is 5.75 Å². The zero-order chi connectivity index (χ0) is 36.1. The van der Waals surface area contributed by atoms with Gasteiger partial charge in [-0.3, -0.25) is 14.4 Å². The van der Waals surface area contributed by atoms with Gasteiger partial charge < -0.3 is 34.6 Å². The average molecular weight is 776 g/mol. The van der Waals surface area contributed by atoms with Gasteiger partial charge in [0.25, 0.3) is 5.91 Å². The highest BCUT2D eigenvalue weighted by molar-refractivity contribution is 9.10. The monoisotopic (exact) mass is 774 g/mol. The quantitative estimate of drug-likeness (QED) is 0.308. The number of nitrogens with zero attached hydrogens (tertiary/aromatic N) is 3. The summed E-state index contributed by atoms with van der Waals surface area (Å²) in [6.07, 6.45) is 1.27. The molecule has 0 unspecified atom stereocenters. The predicted octanol–water partition coefficient (Wildman–Crippen LogP) is 4.53. The van der Waals surface area contributed by atoms with Crippen LogP contribution in [0.3, 0.4) is 0 Å². The van der Waals surface area contributed by atoms with Crippen LogP contribution in [-0.4, -0.2) is 87.8 Å². The third kappa shape index (κ3) is 6.22. The molecule has 4 aliphatic rings. The van der Waals surface area contributed by atoms with Crippen molar-refractivity contribution in [3.63, 3.8) is 0 Å². The Kier molecular flexibility index (Phi) is 9.92. The number of aliphatic hydroxyl groups is 1. The van der Waals surface area contributed by atoms with Gasteiger partial charge in [-0.1, -0.05) is 65.4 Å². The molecular formula is C39H47BrN4O6Si. The molecule has 1 spiro atoms. The fourth-order valence-corrected chi connectivity index (χ4v) is 13.5. The number of likely N-dealkylation sites (tertiary alicyclic amines) is 1. The van der Waals surface area contributed by atoms with Crippen LogP contribution >= 0.6 is 15.9 Å². The number of fused-ring (bicyclic) bond motifs is 2. The number of ether oxygens (including phenoxy) is 2. The maximum atomic E-state index is 15.1. The van der Waals surface area contributed by atoms with E-state index in [-0.39, 0.29) is 48.3 Å². The Morgan fingerprint density at radius 2 is 1.82 bits per heavy atom. The molecule has 2 N–H and O–H groups in total. The van der Waals surface area contributed by atoms with E-state index in [9.17, 15) is 14.7 Å². The van der Waals surface area contributed by atoms with Gasteiger partial charge in [-0.15, -0.1) is 0 Å². The summed E-state index contributed by atoms with van der Waals surface area (Å²) in [5.41, 5.74) is 2.01. The highest BCUT2D eigenvalue weighted by Gasteiger charge is 2.66. The van der Waals surface area contributed by atoms with E-state index in [0.29, 0.717) is 26.2 Å². The van der Waals surface area contributed by atoms with Crippen LogP contribution in [0.25, 0.3) is 0 Å². The van der Waals surface area contributed by atoms with Gasteiger partial charge in [-0.05, 0) is 66.4 Å². The number of benzene rings is 3.